The van der Waals surface area contributed by atoms with Crippen LogP contribution in [0.5, 0.6) is 0 Å². The molecule has 0 amide bonds. The van der Waals surface area contributed by atoms with Gasteiger partial charge >= 0.3 is 0 Å². The fourth-order valence-corrected chi connectivity index (χ4v) is 2.80. The number of benzene rings is 1. The largest absolute Gasteiger partial charge is 0.358 e. The molecule has 0 radical (unpaired) electrons. The molecular formula is C19H31N5. The van der Waals surface area contributed by atoms with Crippen molar-refractivity contribution in [1.29, 1.82) is 0 Å². The molecule has 0 atom stereocenters. The first-order valence-electron chi connectivity index (χ1n) is 8.66. The number of rotatable bonds is 6. The average molecular weight is 329 g/mol. The summed E-state index contributed by atoms with van der Waals surface area (Å²) < 4.78 is 0. The fraction of sp³-hybridized carbons (Fsp3) is 0.526. The summed E-state index contributed by atoms with van der Waals surface area (Å²) in [6.07, 6.45) is 0.969. The highest BCUT2D eigenvalue weighted by atomic mass is 15.2. The summed E-state index contributed by atoms with van der Waals surface area (Å²) in [6.45, 7) is 11.3. The molecular weight excluding hydrogens is 298 g/mol. The molecule has 5 heteroatoms. The molecule has 0 unspecified atom stereocenters. The molecule has 0 aliphatic heterocycles. The first-order valence-corrected chi connectivity index (χ1v) is 8.66. The van der Waals surface area contributed by atoms with E-state index >= 15 is 0 Å². The second-order valence-electron chi connectivity index (χ2n) is 7.13. The predicted octanol–water partition coefficient (Wildman–Crippen LogP) is 2.57. The smallest absolute Gasteiger partial charge is 0.191 e. The Kier molecular flexibility index (Phi) is 6.26. The Morgan fingerprint density at radius 2 is 1.79 bits per heavy atom. The van der Waals surface area contributed by atoms with Gasteiger partial charge < -0.3 is 20.9 Å². The molecule has 24 heavy (non-hydrogen) atoms. The van der Waals surface area contributed by atoms with Gasteiger partial charge in [-0.3, -0.25) is 4.99 Å². The van der Waals surface area contributed by atoms with Gasteiger partial charge in [-0.25, -0.2) is 0 Å². The maximum atomic E-state index is 4.28. The highest BCUT2D eigenvalue weighted by Crippen LogP contribution is 2.21. The number of fused-ring (bicyclic) bond motifs is 1. The van der Waals surface area contributed by atoms with Crippen molar-refractivity contribution in [3.05, 3.63) is 35.5 Å². The van der Waals surface area contributed by atoms with Crippen LogP contribution in [0.1, 0.15) is 32.0 Å². The van der Waals surface area contributed by atoms with Gasteiger partial charge in [-0.2, -0.15) is 0 Å². The Morgan fingerprint density at radius 3 is 2.50 bits per heavy atom. The third-order valence-electron chi connectivity index (χ3n) is 3.99. The maximum Gasteiger partial charge on any atom is 0.191 e. The number of nitrogens with one attached hydrogen (secondary N) is 4. The molecule has 0 fully saturated rings. The van der Waals surface area contributed by atoms with Gasteiger partial charge in [-0.15, -0.1) is 0 Å². The van der Waals surface area contributed by atoms with Crippen molar-refractivity contribution < 1.29 is 0 Å². The van der Waals surface area contributed by atoms with Crippen LogP contribution in [0.15, 0.2) is 29.3 Å². The van der Waals surface area contributed by atoms with Crippen LogP contribution in [-0.2, 0) is 6.42 Å². The standard InChI is InChI=1S/C19H31N5/c1-14-15(16-8-6-7-9-17(16)24-14)10-11-21-18(20-5)22-12-13-23-19(2,3)4/h6-9,23-24H,10-13H2,1-5H3,(H2,20,21,22). The maximum absolute atomic E-state index is 4.28. The topological polar surface area (TPSA) is 64.2 Å². The summed E-state index contributed by atoms with van der Waals surface area (Å²) in [7, 11) is 1.81. The molecule has 4 N–H and O–H groups in total. The molecule has 0 saturated carbocycles. The molecule has 5 nitrogen and oxygen atoms in total. The summed E-state index contributed by atoms with van der Waals surface area (Å²) in [4.78, 5) is 7.74. The van der Waals surface area contributed by atoms with Gasteiger partial charge in [0.1, 0.15) is 0 Å². The fourth-order valence-electron chi connectivity index (χ4n) is 2.80. The number of hydrogen-bond acceptors (Lipinski definition) is 2. The molecule has 1 heterocycles. The zero-order valence-corrected chi connectivity index (χ0v) is 15.6. The number of aliphatic imine (C=N–C) groups is 1. The van der Waals surface area contributed by atoms with E-state index in [1.165, 1.54) is 22.2 Å². The Bertz CT molecular complexity index is 679. The van der Waals surface area contributed by atoms with Gasteiger partial charge in [-0.05, 0) is 45.7 Å². The van der Waals surface area contributed by atoms with Crippen molar-refractivity contribution >= 4 is 16.9 Å². The van der Waals surface area contributed by atoms with Crippen LogP contribution in [0.4, 0.5) is 0 Å². The number of aryl methyl sites for hydroxylation is 1. The van der Waals surface area contributed by atoms with Crippen LogP contribution in [0.25, 0.3) is 10.9 Å². The van der Waals surface area contributed by atoms with Gasteiger partial charge in [0.05, 0.1) is 0 Å². The van der Waals surface area contributed by atoms with Crippen molar-refractivity contribution in [2.75, 3.05) is 26.7 Å². The molecule has 0 saturated heterocycles. The Labute approximate surface area is 145 Å². The third kappa shape index (κ3) is 5.27. The minimum atomic E-state index is 0.144. The third-order valence-corrected chi connectivity index (χ3v) is 3.99. The van der Waals surface area contributed by atoms with Crippen molar-refractivity contribution in [2.45, 2.75) is 39.7 Å². The van der Waals surface area contributed by atoms with Gasteiger partial charge in [0.15, 0.2) is 5.96 Å². The lowest BCUT2D eigenvalue weighted by Crippen LogP contribution is -2.44. The zero-order chi connectivity index (χ0) is 17.6. The molecule has 1 aromatic heterocycles. The number of nitrogens with zero attached hydrogens (tertiary/aromatic N) is 1. The van der Waals surface area contributed by atoms with Crippen molar-refractivity contribution in [3.63, 3.8) is 0 Å². The number of aromatic nitrogens is 1. The number of para-hydroxylation sites is 1. The van der Waals surface area contributed by atoms with E-state index < -0.39 is 0 Å². The zero-order valence-electron chi connectivity index (χ0n) is 15.6. The second kappa shape index (κ2) is 8.20. The Hall–Kier alpha value is -2.01. The van der Waals surface area contributed by atoms with E-state index in [0.29, 0.717) is 0 Å². The first-order chi connectivity index (χ1) is 11.4. The molecule has 1 aromatic carbocycles. The summed E-state index contributed by atoms with van der Waals surface area (Å²) in [5.41, 5.74) is 3.98. The van der Waals surface area contributed by atoms with Crippen molar-refractivity contribution in [1.82, 2.24) is 20.9 Å². The predicted molar refractivity (Wildman–Crippen MR) is 104 cm³/mol. The molecule has 0 bridgehead atoms. The molecule has 2 rings (SSSR count). The van der Waals surface area contributed by atoms with Crippen LogP contribution in [0, 0.1) is 6.92 Å². The van der Waals surface area contributed by atoms with Crippen LogP contribution in [0.3, 0.4) is 0 Å². The molecule has 0 spiro atoms. The van der Waals surface area contributed by atoms with Crippen molar-refractivity contribution in [3.8, 4) is 0 Å². The molecule has 0 aliphatic rings. The average Bonchev–Trinajstić information content (AvgIpc) is 2.84. The summed E-state index contributed by atoms with van der Waals surface area (Å²) in [5, 5.41) is 11.5. The van der Waals surface area contributed by atoms with Gasteiger partial charge in [0, 0.05) is 48.8 Å². The number of H-pyrrole nitrogens is 1. The van der Waals surface area contributed by atoms with E-state index in [-0.39, 0.29) is 5.54 Å². The molecule has 0 aliphatic carbocycles. The summed E-state index contributed by atoms with van der Waals surface area (Å²) in [6, 6.07) is 8.47. The highest BCUT2D eigenvalue weighted by molar-refractivity contribution is 5.84. The van der Waals surface area contributed by atoms with Gasteiger partial charge in [0.2, 0.25) is 0 Å². The SMILES string of the molecule is CN=C(NCCNC(C)(C)C)NCCc1c(C)[nH]c2ccccc12. The van der Waals surface area contributed by atoms with E-state index in [0.717, 1.165) is 32.0 Å². The van der Waals surface area contributed by atoms with E-state index in [1.807, 2.05) is 7.05 Å². The lowest BCUT2D eigenvalue weighted by molar-refractivity contribution is 0.428. The molecule has 132 valence electrons. The number of guanidine groups is 1. The minimum absolute atomic E-state index is 0.144. The minimum Gasteiger partial charge on any atom is -0.358 e. The second-order valence-corrected chi connectivity index (χ2v) is 7.13. The number of hydrogen-bond donors (Lipinski definition) is 4. The highest BCUT2D eigenvalue weighted by Gasteiger charge is 2.09. The van der Waals surface area contributed by atoms with Crippen molar-refractivity contribution in [2.24, 2.45) is 4.99 Å². The first kappa shape index (κ1) is 18.3. The lowest BCUT2D eigenvalue weighted by atomic mass is 10.1. The van der Waals surface area contributed by atoms with Crippen LogP contribution in [0.2, 0.25) is 0 Å². The van der Waals surface area contributed by atoms with Gasteiger partial charge in [-0.1, -0.05) is 18.2 Å². The van der Waals surface area contributed by atoms with Crippen LogP contribution < -0.4 is 16.0 Å². The molecule has 2 aromatic rings. The monoisotopic (exact) mass is 329 g/mol. The van der Waals surface area contributed by atoms with Gasteiger partial charge in [0.25, 0.3) is 0 Å². The Morgan fingerprint density at radius 1 is 1.08 bits per heavy atom. The summed E-state index contributed by atoms with van der Waals surface area (Å²) in [5.74, 6) is 0.850. The van der Waals surface area contributed by atoms with E-state index in [9.17, 15) is 0 Å². The lowest BCUT2D eigenvalue weighted by Gasteiger charge is -2.21. The van der Waals surface area contributed by atoms with Crippen LogP contribution >= 0.6 is 0 Å². The Balaban J connectivity index is 1.80. The summed E-state index contributed by atoms with van der Waals surface area (Å²) >= 11 is 0. The van der Waals surface area contributed by atoms with E-state index in [4.69, 9.17) is 0 Å². The quantitative estimate of drug-likeness (QED) is 0.374. The van der Waals surface area contributed by atoms with E-state index in [1.54, 1.807) is 0 Å². The normalized spacial score (nSPS) is 12.6. The van der Waals surface area contributed by atoms with E-state index in [2.05, 4.69) is 77.9 Å². The number of aromatic amines is 1. The van der Waals surface area contributed by atoms with Crippen LogP contribution in [-0.4, -0.2) is 43.2 Å².